The first-order valence-corrected chi connectivity index (χ1v) is 5.58. The summed E-state index contributed by atoms with van der Waals surface area (Å²) in [7, 11) is 0. The molecule has 2 aromatic rings. The van der Waals surface area contributed by atoms with Gasteiger partial charge in [0.15, 0.2) is 5.78 Å². The quantitative estimate of drug-likeness (QED) is 0.744. The molecule has 0 radical (unpaired) electrons. The molecule has 0 aliphatic heterocycles. The molecule has 1 atom stereocenters. The molecular formula is C13H15ClN2O3. The van der Waals surface area contributed by atoms with Gasteiger partial charge in [-0.3, -0.25) is 9.59 Å². The summed E-state index contributed by atoms with van der Waals surface area (Å²) in [6.07, 6.45) is 1.97. The Morgan fingerprint density at radius 2 is 2.11 bits per heavy atom. The average molecular weight is 283 g/mol. The molecule has 0 fully saturated rings. The molecule has 5 nitrogen and oxygen atoms in total. The highest BCUT2D eigenvalue weighted by Gasteiger charge is 2.15. The van der Waals surface area contributed by atoms with Crippen LogP contribution in [-0.4, -0.2) is 27.9 Å². The molecule has 0 spiro atoms. The first-order chi connectivity index (χ1) is 8.49. The number of carboxylic acid groups (broad SMARTS) is 1. The molecule has 0 amide bonds. The monoisotopic (exact) mass is 282 g/mol. The molecule has 4 N–H and O–H groups in total. The van der Waals surface area contributed by atoms with Crippen LogP contribution in [0.15, 0.2) is 24.4 Å². The van der Waals surface area contributed by atoms with Crippen LogP contribution in [0.3, 0.4) is 0 Å². The number of fused-ring (bicyclic) bond motifs is 1. The van der Waals surface area contributed by atoms with Gasteiger partial charge in [0.1, 0.15) is 6.04 Å². The summed E-state index contributed by atoms with van der Waals surface area (Å²) in [5, 5.41) is 9.65. The van der Waals surface area contributed by atoms with Gasteiger partial charge >= 0.3 is 5.97 Å². The van der Waals surface area contributed by atoms with Crippen molar-refractivity contribution in [3.8, 4) is 0 Å². The van der Waals surface area contributed by atoms with E-state index in [0.29, 0.717) is 5.56 Å². The maximum absolute atomic E-state index is 11.3. The SMILES string of the molecule is CC(=O)c1ccc2[nH]cc(CC(N)C(=O)O)c2c1.Cl. The summed E-state index contributed by atoms with van der Waals surface area (Å²) in [5.41, 5.74) is 7.80. The Bertz CT molecular complexity index is 621. The third kappa shape index (κ3) is 3.13. The van der Waals surface area contributed by atoms with Crippen LogP contribution in [0.5, 0.6) is 0 Å². The molecule has 1 heterocycles. The number of aliphatic carboxylic acids is 1. The maximum Gasteiger partial charge on any atom is 0.320 e. The lowest BCUT2D eigenvalue weighted by Crippen LogP contribution is -2.32. The molecule has 1 aromatic carbocycles. The number of halogens is 1. The number of aromatic amines is 1. The minimum atomic E-state index is -1.04. The van der Waals surface area contributed by atoms with Gasteiger partial charge in [0.05, 0.1) is 0 Å². The van der Waals surface area contributed by atoms with Crippen molar-refractivity contribution in [1.29, 1.82) is 0 Å². The van der Waals surface area contributed by atoms with Crippen molar-refractivity contribution in [2.75, 3.05) is 0 Å². The molecule has 0 bridgehead atoms. The van der Waals surface area contributed by atoms with E-state index in [1.807, 2.05) is 6.07 Å². The third-order valence-corrected chi connectivity index (χ3v) is 2.93. The van der Waals surface area contributed by atoms with Crippen LogP contribution in [-0.2, 0) is 11.2 Å². The Balaban J connectivity index is 0.00000180. The number of ketones is 1. The van der Waals surface area contributed by atoms with E-state index >= 15 is 0 Å². The first-order valence-electron chi connectivity index (χ1n) is 5.58. The number of hydrogen-bond acceptors (Lipinski definition) is 3. The Hall–Kier alpha value is -1.85. The fourth-order valence-electron chi connectivity index (χ4n) is 1.89. The largest absolute Gasteiger partial charge is 0.480 e. The van der Waals surface area contributed by atoms with Crippen LogP contribution < -0.4 is 5.73 Å². The zero-order chi connectivity index (χ0) is 13.3. The van der Waals surface area contributed by atoms with Crippen molar-refractivity contribution in [2.45, 2.75) is 19.4 Å². The summed E-state index contributed by atoms with van der Waals surface area (Å²) in [5.74, 6) is -1.06. The fourth-order valence-corrected chi connectivity index (χ4v) is 1.89. The van der Waals surface area contributed by atoms with Crippen LogP contribution >= 0.6 is 12.4 Å². The van der Waals surface area contributed by atoms with E-state index in [4.69, 9.17) is 10.8 Å². The Morgan fingerprint density at radius 3 is 2.68 bits per heavy atom. The van der Waals surface area contributed by atoms with Gasteiger partial charge in [-0.15, -0.1) is 12.4 Å². The van der Waals surface area contributed by atoms with Crippen LogP contribution in [0.4, 0.5) is 0 Å². The molecule has 0 aliphatic rings. The molecule has 0 saturated carbocycles. The highest BCUT2D eigenvalue weighted by molar-refractivity contribution is 5.98. The maximum atomic E-state index is 11.3. The minimum Gasteiger partial charge on any atom is -0.480 e. The number of carboxylic acids is 1. The van der Waals surface area contributed by atoms with Gasteiger partial charge in [0.2, 0.25) is 0 Å². The summed E-state index contributed by atoms with van der Waals surface area (Å²) in [6.45, 7) is 1.50. The standard InChI is InChI=1S/C13H14N2O3.ClH/c1-7(16)8-2-3-12-10(4-8)9(6-15-12)5-11(14)13(17)18;/h2-4,6,11,15H,5,14H2,1H3,(H,17,18);1H. The van der Waals surface area contributed by atoms with E-state index in [2.05, 4.69) is 4.98 Å². The molecule has 2 rings (SSSR count). The first kappa shape index (κ1) is 15.2. The van der Waals surface area contributed by atoms with Crippen molar-refractivity contribution < 1.29 is 14.7 Å². The molecular weight excluding hydrogens is 268 g/mol. The lowest BCUT2D eigenvalue weighted by molar-refractivity contribution is -0.138. The summed E-state index contributed by atoms with van der Waals surface area (Å²) in [4.78, 5) is 25.1. The lowest BCUT2D eigenvalue weighted by atomic mass is 10.0. The second-order valence-electron chi connectivity index (χ2n) is 4.28. The van der Waals surface area contributed by atoms with Crippen molar-refractivity contribution in [1.82, 2.24) is 4.98 Å². The van der Waals surface area contributed by atoms with E-state index in [1.54, 1.807) is 18.3 Å². The number of Topliss-reactive ketones (excluding diaryl/α,β-unsaturated/α-hetero) is 1. The van der Waals surface area contributed by atoms with Gasteiger partial charge in [-0.05, 0) is 30.7 Å². The molecule has 6 heteroatoms. The number of carbonyl (C=O) groups is 2. The van der Waals surface area contributed by atoms with Crippen molar-refractivity contribution >= 4 is 35.1 Å². The predicted molar refractivity (Wildman–Crippen MR) is 74.9 cm³/mol. The summed E-state index contributed by atoms with van der Waals surface area (Å²) >= 11 is 0. The van der Waals surface area contributed by atoms with Gasteiger partial charge in [0.25, 0.3) is 0 Å². The smallest absolute Gasteiger partial charge is 0.320 e. The van der Waals surface area contributed by atoms with E-state index in [-0.39, 0.29) is 24.6 Å². The van der Waals surface area contributed by atoms with Gasteiger partial charge in [0, 0.05) is 29.1 Å². The van der Waals surface area contributed by atoms with Crippen LogP contribution in [0, 0.1) is 0 Å². The highest BCUT2D eigenvalue weighted by Crippen LogP contribution is 2.21. The van der Waals surface area contributed by atoms with Gasteiger partial charge in [-0.2, -0.15) is 0 Å². The molecule has 19 heavy (non-hydrogen) atoms. The number of hydrogen-bond donors (Lipinski definition) is 3. The van der Waals surface area contributed by atoms with Crippen molar-refractivity contribution in [3.05, 3.63) is 35.5 Å². The molecule has 1 unspecified atom stereocenters. The Labute approximate surface area is 116 Å². The summed E-state index contributed by atoms with van der Waals surface area (Å²) < 4.78 is 0. The average Bonchev–Trinajstić information content (AvgIpc) is 2.71. The lowest BCUT2D eigenvalue weighted by Gasteiger charge is -2.05. The number of nitrogens with two attached hydrogens (primary N) is 1. The molecule has 1 aromatic heterocycles. The van der Waals surface area contributed by atoms with Crippen LogP contribution in [0.1, 0.15) is 22.8 Å². The normalized spacial score (nSPS) is 11.9. The topological polar surface area (TPSA) is 96.2 Å². The highest BCUT2D eigenvalue weighted by atomic mass is 35.5. The summed E-state index contributed by atoms with van der Waals surface area (Å²) in [6, 6.07) is 4.37. The van der Waals surface area contributed by atoms with E-state index in [9.17, 15) is 9.59 Å². The molecule has 102 valence electrons. The molecule has 0 aliphatic carbocycles. The van der Waals surface area contributed by atoms with Gasteiger partial charge in [-0.25, -0.2) is 0 Å². The Morgan fingerprint density at radius 1 is 1.42 bits per heavy atom. The van der Waals surface area contributed by atoms with E-state index < -0.39 is 12.0 Å². The van der Waals surface area contributed by atoms with Gasteiger partial charge in [-0.1, -0.05) is 0 Å². The zero-order valence-electron chi connectivity index (χ0n) is 10.3. The van der Waals surface area contributed by atoms with Crippen LogP contribution in [0.25, 0.3) is 10.9 Å². The number of rotatable bonds is 4. The fraction of sp³-hybridized carbons (Fsp3) is 0.231. The predicted octanol–water partition coefficient (Wildman–Crippen LogP) is 1.75. The Kier molecular flexibility index (Phi) is 4.69. The number of aromatic nitrogens is 1. The van der Waals surface area contributed by atoms with E-state index in [1.165, 1.54) is 6.92 Å². The number of nitrogens with one attached hydrogen (secondary N) is 1. The van der Waals surface area contributed by atoms with E-state index in [0.717, 1.165) is 16.5 Å². The third-order valence-electron chi connectivity index (χ3n) is 2.93. The number of benzene rings is 1. The number of H-pyrrole nitrogens is 1. The molecule has 0 saturated heterocycles. The second kappa shape index (κ2) is 5.86. The van der Waals surface area contributed by atoms with Gasteiger partial charge < -0.3 is 15.8 Å². The van der Waals surface area contributed by atoms with Crippen molar-refractivity contribution in [3.63, 3.8) is 0 Å². The minimum absolute atomic E-state index is 0. The second-order valence-corrected chi connectivity index (χ2v) is 4.28. The number of carbonyl (C=O) groups excluding carboxylic acids is 1. The van der Waals surface area contributed by atoms with Crippen molar-refractivity contribution in [2.24, 2.45) is 5.73 Å². The van der Waals surface area contributed by atoms with Crippen LogP contribution in [0.2, 0.25) is 0 Å². The zero-order valence-corrected chi connectivity index (χ0v) is 11.2.